The molecule has 108 valence electrons. The Morgan fingerprint density at radius 3 is 2.19 bits per heavy atom. The van der Waals surface area contributed by atoms with Gasteiger partial charge in [-0.15, -0.1) is 0 Å². The van der Waals surface area contributed by atoms with Crippen LogP contribution < -0.4 is 4.90 Å². The highest BCUT2D eigenvalue weighted by molar-refractivity contribution is 5.39. The van der Waals surface area contributed by atoms with Crippen LogP contribution in [0.15, 0.2) is 48.8 Å². The Kier molecular flexibility index (Phi) is 3.31. The molecule has 0 unspecified atom stereocenters. The van der Waals surface area contributed by atoms with Gasteiger partial charge in [-0.25, -0.2) is 4.98 Å². The normalized spacial score (nSPS) is 25.2. The molecule has 4 rings (SSSR count). The Hall–Kier alpha value is -1.94. The maximum absolute atomic E-state index is 4.48. The molecule has 4 heteroatoms. The van der Waals surface area contributed by atoms with Gasteiger partial charge in [0.15, 0.2) is 0 Å². The van der Waals surface area contributed by atoms with Gasteiger partial charge in [-0.05, 0) is 36.1 Å². The molecule has 0 saturated carbocycles. The Morgan fingerprint density at radius 2 is 1.57 bits per heavy atom. The van der Waals surface area contributed by atoms with E-state index in [2.05, 4.69) is 44.0 Å². The topological polar surface area (TPSA) is 32.3 Å². The van der Waals surface area contributed by atoms with Crippen LogP contribution in [0.2, 0.25) is 0 Å². The summed E-state index contributed by atoms with van der Waals surface area (Å²) < 4.78 is 0. The minimum Gasteiger partial charge on any atom is -0.356 e. The quantitative estimate of drug-likeness (QED) is 0.861. The fourth-order valence-corrected chi connectivity index (χ4v) is 3.67. The lowest BCUT2D eigenvalue weighted by atomic mass is 10.0. The molecular weight excluding hydrogens is 260 g/mol. The van der Waals surface area contributed by atoms with Crippen LogP contribution in [-0.2, 0) is 6.54 Å². The molecule has 2 aromatic heterocycles. The van der Waals surface area contributed by atoms with Crippen molar-refractivity contribution in [2.75, 3.05) is 31.1 Å². The minimum absolute atomic E-state index is 0.774. The summed E-state index contributed by atoms with van der Waals surface area (Å²) >= 11 is 0. The predicted molar refractivity (Wildman–Crippen MR) is 82.9 cm³/mol. The molecule has 2 aliphatic rings. The van der Waals surface area contributed by atoms with Crippen LogP contribution >= 0.6 is 0 Å². The number of rotatable bonds is 3. The molecule has 4 heterocycles. The van der Waals surface area contributed by atoms with Gasteiger partial charge in [0.05, 0.1) is 5.69 Å². The summed E-state index contributed by atoms with van der Waals surface area (Å²) in [5.41, 5.74) is 1.18. The van der Waals surface area contributed by atoms with Gasteiger partial charge < -0.3 is 4.90 Å². The average molecular weight is 280 g/mol. The van der Waals surface area contributed by atoms with Crippen molar-refractivity contribution in [1.29, 1.82) is 0 Å². The third kappa shape index (κ3) is 2.63. The number of pyridine rings is 2. The van der Waals surface area contributed by atoms with E-state index in [1.54, 1.807) is 0 Å². The summed E-state index contributed by atoms with van der Waals surface area (Å²) in [6, 6.07) is 12.3. The standard InChI is InChI=1S/C17H20N4/c1-3-7-18-16(5-1)13-20-9-14-11-21(12-15(14)10-20)17-6-2-4-8-19-17/h1-8,14-15H,9-13H2/t14-,15+. The van der Waals surface area contributed by atoms with E-state index in [0.717, 1.165) is 37.3 Å². The number of nitrogens with zero attached hydrogens (tertiary/aromatic N) is 4. The van der Waals surface area contributed by atoms with Crippen molar-refractivity contribution < 1.29 is 0 Å². The SMILES string of the molecule is c1ccc(CN2C[C@@H]3CN(c4ccccn4)C[C@@H]3C2)nc1. The molecule has 0 spiro atoms. The maximum atomic E-state index is 4.48. The van der Waals surface area contributed by atoms with E-state index in [1.807, 2.05) is 24.5 Å². The van der Waals surface area contributed by atoms with Crippen LogP contribution in [0.25, 0.3) is 0 Å². The van der Waals surface area contributed by atoms with E-state index < -0.39 is 0 Å². The van der Waals surface area contributed by atoms with E-state index in [1.165, 1.54) is 18.8 Å². The lowest BCUT2D eigenvalue weighted by Gasteiger charge is -2.22. The average Bonchev–Trinajstić information content (AvgIpc) is 3.07. The highest BCUT2D eigenvalue weighted by Gasteiger charge is 2.40. The van der Waals surface area contributed by atoms with Crippen molar-refractivity contribution in [3.63, 3.8) is 0 Å². The molecule has 0 bridgehead atoms. The minimum atomic E-state index is 0.774. The largest absolute Gasteiger partial charge is 0.356 e. The molecule has 0 amide bonds. The molecule has 21 heavy (non-hydrogen) atoms. The first-order valence-electron chi connectivity index (χ1n) is 7.67. The van der Waals surface area contributed by atoms with Crippen molar-refractivity contribution in [3.8, 4) is 0 Å². The molecule has 0 aliphatic carbocycles. The van der Waals surface area contributed by atoms with Crippen molar-refractivity contribution in [2.45, 2.75) is 6.54 Å². The lowest BCUT2D eigenvalue weighted by Crippen LogP contribution is -2.29. The first kappa shape index (κ1) is 12.8. The highest BCUT2D eigenvalue weighted by atomic mass is 15.3. The fourth-order valence-electron chi connectivity index (χ4n) is 3.67. The molecule has 4 nitrogen and oxygen atoms in total. The number of aromatic nitrogens is 2. The fraction of sp³-hybridized carbons (Fsp3) is 0.412. The Morgan fingerprint density at radius 1 is 0.857 bits per heavy atom. The van der Waals surface area contributed by atoms with E-state index in [4.69, 9.17) is 0 Å². The third-order valence-corrected chi connectivity index (χ3v) is 4.65. The van der Waals surface area contributed by atoms with Gasteiger partial charge in [0.2, 0.25) is 0 Å². The third-order valence-electron chi connectivity index (χ3n) is 4.65. The van der Waals surface area contributed by atoms with E-state index in [0.29, 0.717) is 0 Å². The van der Waals surface area contributed by atoms with Gasteiger partial charge in [0, 0.05) is 45.1 Å². The molecule has 0 N–H and O–H groups in total. The van der Waals surface area contributed by atoms with Crippen LogP contribution in [-0.4, -0.2) is 41.0 Å². The number of hydrogen-bond acceptors (Lipinski definition) is 4. The van der Waals surface area contributed by atoms with Gasteiger partial charge in [-0.3, -0.25) is 9.88 Å². The zero-order valence-corrected chi connectivity index (χ0v) is 12.1. The number of anilines is 1. The van der Waals surface area contributed by atoms with Crippen LogP contribution in [0, 0.1) is 11.8 Å². The molecule has 2 atom stereocenters. The van der Waals surface area contributed by atoms with Crippen molar-refractivity contribution in [3.05, 3.63) is 54.5 Å². The molecule has 0 aromatic carbocycles. The number of fused-ring (bicyclic) bond motifs is 1. The van der Waals surface area contributed by atoms with Crippen molar-refractivity contribution in [2.24, 2.45) is 11.8 Å². The second-order valence-electron chi connectivity index (χ2n) is 6.13. The summed E-state index contributed by atoms with van der Waals surface area (Å²) in [6.45, 7) is 5.63. The second-order valence-corrected chi connectivity index (χ2v) is 6.13. The van der Waals surface area contributed by atoms with Gasteiger partial charge in [0.1, 0.15) is 5.82 Å². The Labute approximate surface area is 125 Å². The molecule has 2 aliphatic heterocycles. The van der Waals surface area contributed by atoms with Crippen LogP contribution in [0.1, 0.15) is 5.69 Å². The monoisotopic (exact) mass is 280 g/mol. The second kappa shape index (κ2) is 5.45. The highest BCUT2D eigenvalue weighted by Crippen LogP contribution is 2.33. The van der Waals surface area contributed by atoms with E-state index >= 15 is 0 Å². The molecule has 2 fully saturated rings. The summed E-state index contributed by atoms with van der Waals surface area (Å²) in [4.78, 5) is 13.9. The zero-order valence-electron chi connectivity index (χ0n) is 12.1. The van der Waals surface area contributed by atoms with Crippen molar-refractivity contribution in [1.82, 2.24) is 14.9 Å². The summed E-state index contributed by atoms with van der Waals surface area (Å²) in [5.74, 6) is 2.68. The van der Waals surface area contributed by atoms with Gasteiger partial charge >= 0.3 is 0 Å². The van der Waals surface area contributed by atoms with Crippen LogP contribution in [0.5, 0.6) is 0 Å². The predicted octanol–water partition coefficient (Wildman–Crippen LogP) is 2.04. The molecular formula is C17H20N4. The van der Waals surface area contributed by atoms with Crippen LogP contribution in [0.3, 0.4) is 0 Å². The number of hydrogen-bond donors (Lipinski definition) is 0. The smallest absolute Gasteiger partial charge is 0.128 e. The Balaban J connectivity index is 1.37. The van der Waals surface area contributed by atoms with Crippen LogP contribution in [0.4, 0.5) is 5.82 Å². The summed E-state index contributed by atoms with van der Waals surface area (Å²) in [6.07, 6.45) is 3.77. The first-order chi connectivity index (χ1) is 10.4. The maximum Gasteiger partial charge on any atom is 0.128 e. The lowest BCUT2D eigenvalue weighted by molar-refractivity contribution is 0.305. The van der Waals surface area contributed by atoms with E-state index in [9.17, 15) is 0 Å². The van der Waals surface area contributed by atoms with E-state index in [-0.39, 0.29) is 0 Å². The van der Waals surface area contributed by atoms with Gasteiger partial charge in [-0.1, -0.05) is 12.1 Å². The first-order valence-corrected chi connectivity index (χ1v) is 7.67. The molecule has 2 saturated heterocycles. The Bertz CT molecular complexity index is 572. The van der Waals surface area contributed by atoms with Gasteiger partial charge in [-0.2, -0.15) is 0 Å². The van der Waals surface area contributed by atoms with Gasteiger partial charge in [0.25, 0.3) is 0 Å². The molecule has 2 aromatic rings. The van der Waals surface area contributed by atoms with Crippen molar-refractivity contribution >= 4 is 5.82 Å². The summed E-state index contributed by atoms with van der Waals surface area (Å²) in [7, 11) is 0. The summed E-state index contributed by atoms with van der Waals surface area (Å²) in [5, 5.41) is 0. The zero-order chi connectivity index (χ0) is 14.1. The molecule has 0 radical (unpaired) electrons. The number of likely N-dealkylation sites (tertiary alicyclic amines) is 1.